The van der Waals surface area contributed by atoms with E-state index in [0.717, 1.165) is 32.2 Å². The summed E-state index contributed by atoms with van der Waals surface area (Å²) in [5.74, 6) is 3.43. The molecule has 0 spiro atoms. The third-order valence-electron chi connectivity index (χ3n) is 7.60. The highest BCUT2D eigenvalue weighted by Crippen LogP contribution is 2.51. The van der Waals surface area contributed by atoms with Crippen LogP contribution in [0, 0.1) is 17.8 Å². The van der Waals surface area contributed by atoms with Gasteiger partial charge in [-0.1, -0.05) is 12.0 Å². The number of rotatable bonds is 8. The van der Waals surface area contributed by atoms with Crippen molar-refractivity contribution in [3.8, 4) is 23.3 Å². The second kappa shape index (κ2) is 9.35. The zero-order chi connectivity index (χ0) is 24.7. The first kappa shape index (κ1) is 23.9. The molecule has 188 valence electrons. The summed E-state index contributed by atoms with van der Waals surface area (Å²) in [7, 11) is 0. The van der Waals surface area contributed by atoms with Crippen molar-refractivity contribution in [3.63, 3.8) is 0 Å². The highest BCUT2D eigenvalue weighted by atomic mass is 16.6. The second-order valence-electron chi connectivity index (χ2n) is 10.0. The molecule has 0 aromatic heterocycles. The van der Waals surface area contributed by atoms with Crippen molar-refractivity contribution < 1.29 is 34.1 Å². The Morgan fingerprint density at radius 3 is 2.57 bits per heavy atom. The standard InChI is InChI=1S/C24H31BN3O7/c26-9-10-27-15-3-1-14(2-4-15)11-21(29)28-12-16(13-28)34-20-8-6-18-17-5-7-19(17)25(32,33)35-23(18)22(20)24(30)31/h6,8,14-17,19,27,32-33H,1-4,9-13,26H2,(H,30,31)/q-1/t14?,15?,17-,19-/m1/s1. The molecular weight excluding hydrogens is 453 g/mol. The third-order valence-corrected chi connectivity index (χ3v) is 7.60. The van der Waals surface area contributed by atoms with Crippen LogP contribution in [-0.4, -0.2) is 77.0 Å². The van der Waals surface area contributed by atoms with Crippen LogP contribution in [0.3, 0.4) is 0 Å². The quantitative estimate of drug-likeness (QED) is 0.258. The van der Waals surface area contributed by atoms with Crippen molar-refractivity contribution in [3.05, 3.63) is 23.3 Å². The third kappa shape index (κ3) is 4.59. The van der Waals surface area contributed by atoms with Crippen molar-refractivity contribution in [1.29, 1.82) is 0 Å². The van der Waals surface area contributed by atoms with Gasteiger partial charge in [-0.25, -0.2) is 4.79 Å². The van der Waals surface area contributed by atoms with E-state index in [9.17, 15) is 24.7 Å². The number of ether oxygens (including phenoxy) is 1. The molecule has 6 N–H and O–H groups in total. The molecule has 1 amide bonds. The fourth-order valence-corrected chi connectivity index (χ4v) is 5.52. The highest BCUT2D eigenvalue weighted by molar-refractivity contribution is 6.62. The van der Waals surface area contributed by atoms with E-state index in [4.69, 9.17) is 15.1 Å². The number of benzene rings is 1. The second-order valence-corrected chi connectivity index (χ2v) is 10.0. The average Bonchev–Trinajstić information content (AvgIpc) is 2.74. The fourth-order valence-electron chi connectivity index (χ4n) is 5.52. The van der Waals surface area contributed by atoms with E-state index in [1.807, 2.05) is 0 Å². The molecule has 1 aromatic carbocycles. The molecule has 1 aromatic rings. The van der Waals surface area contributed by atoms with Crippen molar-refractivity contribution >= 4 is 18.6 Å². The first-order valence-corrected chi connectivity index (χ1v) is 12.3. The normalized spacial score (nSPS) is 28.3. The molecule has 4 aliphatic rings. The monoisotopic (exact) mass is 484 g/mol. The Bertz CT molecular complexity index is 1070. The van der Waals surface area contributed by atoms with E-state index < -0.39 is 24.5 Å². The summed E-state index contributed by atoms with van der Waals surface area (Å²) in [4.78, 5) is 26.5. The molecule has 2 heterocycles. The minimum absolute atomic E-state index is 0.0778. The maximum absolute atomic E-state index is 12.7. The summed E-state index contributed by atoms with van der Waals surface area (Å²) in [5.41, 5.74) is 5.80. The van der Waals surface area contributed by atoms with Gasteiger partial charge in [-0.05, 0) is 37.7 Å². The summed E-state index contributed by atoms with van der Waals surface area (Å²) in [6, 6.07) is 3.70. The van der Waals surface area contributed by atoms with Gasteiger partial charge in [0.15, 0.2) is 0 Å². The summed E-state index contributed by atoms with van der Waals surface area (Å²) < 4.78 is 11.2. The van der Waals surface area contributed by atoms with Crippen molar-refractivity contribution in [2.45, 2.75) is 56.0 Å². The molecule has 1 saturated heterocycles. The summed E-state index contributed by atoms with van der Waals surface area (Å²) >= 11 is 0. The van der Waals surface area contributed by atoms with E-state index in [0.29, 0.717) is 43.6 Å². The lowest BCUT2D eigenvalue weighted by molar-refractivity contribution is -0.141. The molecule has 35 heavy (non-hydrogen) atoms. The molecule has 10 nitrogen and oxygen atoms in total. The number of carbonyl (C=O) groups is 2. The van der Waals surface area contributed by atoms with Crippen LogP contribution >= 0.6 is 0 Å². The van der Waals surface area contributed by atoms with Gasteiger partial charge < -0.3 is 40.5 Å². The number of nitrogens with zero attached hydrogens (tertiary/aromatic N) is 1. The smallest absolute Gasteiger partial charge is 0.446 e. The largest absolute Gasteiger partial charge is 0.668 e. The predicted octanol–water partition coefficient (Wildman–Crippen LogP) is 0.258. The first-order valence-electron chi connectivity index (χ1n) is 12.3. The highest BCUT2D eigenvalue weighted by Gasteiger charge is 2.48. The van der Waals surface area contributed by atoms with Crippen molar-refractivity contribution in [2.75, 3.05) is 26.2 Å². The van der Waals surface area contributed by atoms with Crippen LogP contribution in [0.1, 0.15) is 53.9 Å². The number of nitrogens with two attached hydrogens (primary N) is 1. The number of carbonyl (C=O) groups excluding carboxylic acids is 1. The Morgan fingerprint density at radius 2 is 1.94 bits per heavy atom. The molecule has 1 saturated carbocycles. The maximum atomic E-state index is 12.7. The van der Waals surface area contributed by atoms with Crippen LogP contribution in [0.25, 0.3) is 0 Å². The number of nitrogens with one attached hydrogen (secondary N) is 1. The average molecular weight is 484 g/mol. The Kier molecular flexibility index (Phi) is 6.40. The van der Waals surface area contributed by atoms with E-state index >= 15 is 0 Å². The molecule has 2 aliphatic carbocycles. The minimum Gasteiger partial charge on any atom is -0.668 e. The van der Waals surface area contributed by atoms with E-state index in [1.54, 1.807) is 17.0 Å². The molecule has 5 rings (SSSR count). The Hall–Kier alpha value is -2.78. The molecule has 11 heteroatoms. The number of fused-ring (bicyclic) bond motifs is 3. The summed E-state index contributed by atoms with van der Waals surface area (Å²) in [6.45, 7) is -1.07. The van der Waals surface area contributed by atoms with Gasteiger partial charge in [0, 0.05) is 42.9 Å². The SMILES string of the molecule is NCCNC1CCC(CC(=O)N2CC(Oc3ccc4c(c3C(=O)O)O[B-](O)(O)[C@@H]3C#C[C@H]43)C2)CC1. The first-order chi connectivity index (χ1) is 16.8. The van der Waals surface area contributed by atoms with Crippen LogP contribution in [0.15, 0.2) is 12.1 Å². The van der Waals surface area contributed by atoms with E-state index in [1.165, 1.54) is 0 Å². The zero-order valence-corrected chi connectivity index (χ0v) is 19.5. The number of hydrogen-bond donors (Lipinski definition) is 5. The van der Waals surface area contributed by atoms with Crippen molar-refractivity contribution in [1.82, 2.24) is 10.2 Å². The number of carboxylic acids is 1. The number of hydrogen-bond acceptors (Lipinski definition) is 8. The number of amides is 1. The summed E-state index contributed by atoms with van der Waals surface area (Å²) in [5, 5.41) is 33.7. The van der Waals surface area contributed by atoms with Crippen LogP contribution in [0.2, 0.25) is 5.82 Å². The van der Waals surface area contributed by atoms with Crippen LogP contribution < -0.4 is 20.4 Å². The molecule has 0 bridgehead atoms. The lowest BCUT2D eigenvalue weighted by Crippen LogP contribution is -2.56. The maximum Gasteiger partial charge on any atom is 0.446 e. The van der Waals surface area contributed by atoms with E-state index in [2.05, 4.69) is 17.2 Å². The van der Waals surface area contributed by atoms with Crippen LogP contribution in [-0.2, 0) is 4.79 Å². The molecule has 0 radical (unpaired) electrons. The zero-order valence-electron chi connectivity index (χ0n) is 19.5. The topological polar surface area (TPSA) is 155 Å². The lowest BCUT2D eigenvalue weighted by Gasteiger charge is -2.47. The van der Waals surface area contributed by atoms with E-state index in [-0.39, 0.29) is 29.1 Å². The van der Waals surface area contributed by atoms with Crippen molar-refractivity contribution in [2.24, 2.45) is 11.7 Å². The van der Waals surface area contributed by atoms with Crippen LogP contribution in [0.4, 0.5) is 0 Å². The predicted molar refractivity (Wildman–Crippen MR) is 127 cm³/mol. The molecule has 0 unspecified atom stereocenters. The molecule has 2 fully saturated rings. The Labute approximate surface area is 203 Å². The Balaban J connectivity index is 1.17. The minimum atomic E-state index is -3.29. The van der Waals surface area contributed by atoms with Gasteiger partial charge in [-0.15, -0.1) is 5.92 Å². The number of aromatic carboxylic acids is 1. The van der Waals surface area contributed by atoms with Gasteiger partial charge >= 0.3 is 12.7 Å². The summed E-state index contributed by atoms with van der Waals surface area (Å²) in [6.07, 6.45) is 4.32. The van der Waals surface area contributed by atoms with Gasteiger partial charge in [0.25, 0.3) is 0 Å². The van der Waals surface area contributed by atoms with Gasteiger partial charge in [0.05, 0.1) is 18.8 Å². The molecular formula is C24H31BN3O7-. The van der Waals surface area contributed by atoms with Crippen LogP contribution in [0.5, 0.6) is 11.5 Å². The lowest BCUT2D eigenvalue weighted by atomic mass is 9.52. The van der Waals surface area contributed by atoms with Gasteiger partial charge in [-0.2, -0.15) is 0 Å². The fraction of sp³-hybridized carbons (Fsp3) is 0.583. The van der Waals surface area contributed by atoms with Gasteiger partial charge in [-0.3, -0.25) is 4.79 Å². The number of likely N-dealkylation sites (tertiary alicyclic amines) is 1. The molecule has 2 aliphatic heterocycles. The number of carboxylic acid groups (broad SMARTS) is 1. The molecule has 2 atom stereocenters. The van der Waals surface area contributed by atoms with Gasteiger partial charge in [0.1, 0.15) is 17.4 Å². The Morgan fingerprint density at radius 1 is 1.20 bits per heavy atom. The van der Waals surface area contributed by atoms with Gasteiger partial charge in [0.2, 0.25) is 5.91 Å².